The average Bonchev–Trinajstić information content (AvgIpc) is 3.11. The van der Waals surface area contributed by atoms with Crippen molar-refractivity contribution in [1.82, 2.24) is 14.8 Å². The monoisotopic (exact) mass is 327 g/mol. The zero-order chi connectivity index (χ0) is 15.1. The van der Waals surface area contributed by atoms with E-state index in [1.165, 1.54) is 40.8 Å². The van der Waals surface area contributed by atoms with Crippen molar-refractivity contribution in [2.75, 3.05) is 0 Å². The molecular formula is C17H17N3S2. The molecule has 1 aromatic carbocycles. The molecule has 2 heterocycles. The van der Waals surface area contributed by atoms with Gasteiger partial charge in [-0.2, -0.15) is 5.10 Å². The highest BCUT2D eigenvalue weighted by atomic mass is 32.1. The predicted molar refractivity (Wildman–Crippen MR) is 93.4 cm³/mol. The molecule has 0 saturated heterocycles. The summed E-state index contributed by atoms with van der Waals surface area (Å²) >= 11 is 7.35. The van der Waals surface area contributed by atoms with E-state index in [0.717, 1.165) is 17.9 Å². The second kappa shape index (κ2) is 5.48. The Morgan fingerprint density at radius 2 is 2.05 bits per heavy atom. The van der Waals surface area contributed by atoms with E-state index in [4.69, 9.17) is 12.2 Å². The molecule has 1 aliphatic rings. The van der Waals surface area contributed by atoms with Gasteiger partial charge in [0.2, 0.25) is 0 Å². The zero-order valence-electron chi connectivity index (χ0n) is 12.4. The van der Waals surface area contributed by atoms with Crippen LogP contribution in [-0.4, -0.2) is 14.8 Å². The number of hydrogen-bond donors (Lipinski definition) is 1. The predicted octanol–water partition coefficient (Wildman–Crippen LogP) is 4.85. The maximum absolute atomic E-state index is 5.49. The van der Waals surface area contributed by atoms with E-state index in [1.54, 1.807) is 0 Å². The molecule has 0 unspecified atom stereocenters. The Balaban J connectivity index is 1.93. The lowest BCUT2D eigenvalue weighted by Gasteiger charge is -2.14. The molecule has 0 saturated carbocycles. The number of nitrogens with zero attached hydrogens (tertiary/aromatic N) is 2. The first kappa shape index (κ1) is 13.9. The number of para-hydroxylation sites is 1. The molecule has 4 rings (SSSR count). The van der Waals surface area contributed by atoms with E-state index in [0.29, 0.717) is 4.77 Å². The van der Waals surface area contributed by atoms with Gasteiger partial charge in [0.1, 0.15) is 0 Å². The molecule has 1 aliphatic carbocycles. The molecule has 0 fully saturated rings. The van der Waals surface area contributed by atoms with Crippen LogP contribution >= 0.6 is 23.6 Å². The number of nitrogens with one attached hydrogen (secondary N) is 1. The summed E-state index contributed by atoms with van der Waals surface area (Å²) in [5, 5.41) is 9.76. The van der Waals surface area contributed by atoms with Crippen molar-refractivity contribution in [2.24, 2.45) is 0 Å². The Kier molecular flexibility index (Phi) is 3.47. The van der Waals surface area contributed by atoms with Crippen molar-refractivity contribution in [3.8, 4) is 17.1 Å². The number of thiophene rings is 1. The molecule has 22 heavy (non-hydrogen) atoms. The lowest BCUT2D eigenvalue weighted by Crippen LogP contribution is -2.03. The Bertz CT molecular complexity index is 885. The first-order chi connectivity index (χ1) is 10.8. The third-order valence-electron chi connectivity index (χ3n) is 4.33. The van der Waals surface area contributed by atoms with Crippen LogP contribution in [0.15, 0.2) is 29.6 Å². The van der Waals surface area contributed by atoms with Gasteiger partial charge in [0.05, 0.1) is 5.69 Å². The number of benzene rings is 1. The van der Waals surface area contributed by atoms with Crippen LogP contribution in [0, 0.1) is 11.7 Å². The fourth-order valence-corrected chi connectivity index (χ4v) is 4.55. The molecule has 0 aliphatic heterocycles. The minimum atomic E-state index is 0.653. The smallest absolute Gasteiger partial charge is 0.200 e. The van der Waals surface area contributed by atoms with Crippen LogP contribution in [0.4, 0.5) is 0 Å². The number of aromatic nitrogens is 3. The number of H-pyrrole nitrogens is 1. The highest BCUT2D eigenvalue weighted by molar-refractivity contribution is 7.71. The molecule has 5 heteroatoms. The van der Waals surface area contributed by atoms with Gasteiger partial charge in [-0.15, -0.1) is 11.3 Å². The summed E-state index contributed by atoms with van der Waals surface area (Å²) in [6.07, 6.45) is 4.93. The molecule has 0 amide bonds. The Morgan fingerprint density at radius 3 is 2.91 bits per heavy atom. The van der Waals surface area contributed by atoms with Gasteiger partial charge in [-0.25, -0.2) is 0 Å². The Morgan fingerprint density at radius 1 is 1.23 bits per heavy atom. The van der Waals surface area contributed by atoms with Crippen molar-refractivity contribution in [3.63, 3.8) is 0 Å². The second-order valence-corrected chi connectivity index (χ2v) is 7.08. The second-order valence-electron chi connectivity index (χ2n) is 5.73. The zero-order valence-corrected chi connectivity index (χ0v) is 14.1. The van der Waals surface area contributed by atoms with Gasteiger partial charge in [0, 0.05) is 15.8 Å². The van der Waals surface area contributed by atoms with Gasteiger partial charge in [0.15, 0.2) is 10.6 Å². The van der Waals surface area contributed by atoms with Crippen LogP contribution in [0.1, 0.15) is 28.8 Å². The lowest BCUT2D eigenvalue weighted by atomic mass is 9.95. The van der Waals surface area contributed by atoms with Crippen molar-refractivity contribution < 1.29 is 0 Å². The summed E-state index contributed by atoms with van der Waals surface area (Å²) in [6.45, 7) is 2.11. The van der Waals surface area contributed by atoms with Gasteiger partial charge in [-0.3, -0.25) is 9.67 Å². The normalized spacial score (nSPS) is 14.0. The van der Waals surface area contributed by atoms with Gasteiger partial charge in [0.25, 0.3) is 0 Å². The number of rotatable bonds is 2. The minimum absolute atomic E-state index is 0.653. The van der Waals surface area contributed by atoms with E-state index in [-0.39, 0.29) is 0 Å². The fourth-order valence-electron chi connectivity index (χ4n) is 3.20. The molecule has 3 nitrogen and oxygen atoms in total. The minimum Gasteiger partial charge on any atom is -0.268 e. The number of fused-ring (bicyclic) bond motifs is 1. The van der Waals surface area contributed by atoms with Crippen molar-refractivity contribution >= 4 is 23.6 Å². The van der Waals surface area contributed by atoms with E-state index < -0.39 is 0 Å². The van der Waals surface area contributed by atoms with Gasteiger partial charge in [-0.1, -0.05) is 18.2 Å². The number of aryl methyl sites for hydroxylation is 2. The van der Waals surface area contributed by atoms with Crippen LogP contribution in [0.25, 0.3) is 17.1 Å². The first-order valence-corrected chi connectivity index (χ1v) is 8.87. The summed E-state index contributed by atoms with van der Waals surface area (Å²) in [6, 6.07) is 8.30. The number of aromatic amines is 1. The molecule has 2 aromatic heterocycles. The molecule has 0 spiro atoms. The quantitative estimate of drug-likeness (QED) is 0.683. The molecule has 112 valence electrons. The van der Waals surface area contributed by atoms with E-state index in [2.05, 4.69) is 45.3 Å². The average molecular weight is 327 g/mol. The van der Waals surface area contributed by atoms with Crippen molar-refractivity contribution in [3.05, 3.63) is 50.4 Å². The summed E-state index contributed by atoms with van der Waals surface area (Å²) in [7, 11) is 0. The third-order valence-corrected chi connectivity index (χ3v) is 5.69. The topological polar surface area (TPSA) is 33.6 Å². The molecule has 0 bridgehead atoms. The molecule has 3 aromatic rings. The highest BCUT2D eigenvalue weighted by Crippen LogP contribution is 2.36. The molecule has 0 atom stereocenters. The summed E-state index contributed by atoms with van der Waals surface area (Å²) in [4.78, 5) is 1.52. The van der Waals surface area contributed by atoms with Gasteiger partial charge >= 0.3 is 0 Å². The SMILES string of the molecule is Cc1ccccc1-n1c(-c2csc3c2CCCC3)n[nH]c1=S. The molecular weight excluding hydrogens is 310 g/mol. The fraction of sp³-hybridized carbons (Fsp3) is 0.294. The van der Waals surface area contributed by atoms with Crippen LogP contribution in [0.3, 0.4) is 0 Å². The van der Waals surface area contributed by atoms with Crippen LogP contribution in [-0.2, 0) is 12.8 Å². The van der Waals surface area contributed by atoms with Crippen LogP contribution in [0.2, 0.25) is 0 Å². The van der Waals surface area contributed by atoms with Crippen LogP contribution in [0.5, 0.6) is 0 Å². The van der Waals surface area contributed by atoms with Gasteiger partial charge < -0.3 is 0 Å². The maximum Gasteiger partial charge on any atom is 0.200 e. The standard InChI is InChI=1S/C17H17N3S2/c1-11-6-2-4-8-14(11)20-16(18-19-17(20)21)13-10-22-15-9-5-3-7-12(13)15/h2,4,6,8,10H,3,5,7,9H2,1H3,(H,19,21). The van der Waals surface area contributed by atoms with Crippen LogP contribution < -0.4 is 0 Å². The molecule has 0 radical (unpaired) electrons. The summed E-state index contributed by atoms with van der Waals surface area (Å²) in [5.74, 6) is 0.943. The van der Waals surface area contributed by atoms with E-state index in [1.807, 2.05) is 17.4 Å². The lowest BCUT2D eigenvalue weighted by molar-refractivity contribution is 0.697. The summed E-state index contributed by atoms with van der Waals surface area (Å²) < 4.78 is 2.72. The van der Waals surface area contributed by atoms with Gasteiger partial charge in [-0.05, 0) is 62.0 Å². The maximum atomic E-state index is 5.49. The first-order valence-electron chi connectivity index (χ1n) is 7.59. The van der Waals surface area contributed by atoms with Crippen molar-refractivity contribution in [2.45, 2.75) is 32.6 Å². The summed E-state index contributed by atoms with van der Waals surface area (Å²) in [5.41, 5.74) is 5.02. The largest absolute Gasteiger partial charge is 0.268 e. The highest BCUT2D eigenvalue weighted by Gasteiger charge is 2.21. The number of hydrogen-bond acceptors (Lipinski definition) is 3. The van der Waals surface area contributed by atoms with E-state index >= 15 is 0 Å². The Labute approximate surface area is 138 Å². The Hall–Kier alpha value is -1.72. The van der Waals surface area contributed by atoms with Crippen molar-refractivity contribution in [1.29, 1.82) is 0 Å². The van der Waals surface area contributed by atoms with E-state index in [9.17, 15) is 0 Å². The molecule has 1 N–H and O–H groups in total. The third kappa shape index (κ3) is 2.16.